The van der Waals surface area contributed by atoms with Gasteiger partial charge in [0.25, 0.3) is 11.8 Å². The van der Waals surface area contributed by atoms with Gasteiger partial charge in [0.15, 0.2) is 5.13 Å². The first kappa shape index (κ1) is 24.7. The molecule has 2 aromatic carbocycles. The summed E-state index contributed by atoms with van der Waals surface area (Å²) in [6, 6.07) is 9.34. The molecule has 2 fully saturated rings. The molecule has 0 unspecified atom stereocenters. The zero-order valence-electron chi connectivity index (χ0n) is 20.0. The number of carbonyl (C=O) groups excluding carboxylic acids is 3. The predicted octanol–water partition coefficient (Wildman–Crippen LogP) is 5.74. The number of ether oxygens (including phenoxy) is 2. The largest absolute Gasteiger partial charge is 0.490 e. The predicted molar refractivity (Wildman–Crippen MR) is 137 cm³/mol. The fourth-order valence-corrected chi connectivity index (χ4v) is 4.25. The van der Waals surface area contributed by atoms with Crippen molar-refractivity contribution in [2.24, 2.45) is 0 Å². The lowest BCUT2D eigenvalue weighted by atomic mass is 9.96. The van der Waals surface area contributed by atoms with Gasteiger partial charge in [-0.3, -0.25) is 14.9 Å². The minimum absolute atomic E-state index is 0.0729. The van der Waals surface area contributed by atoms with Gasteiger partial charge >= 0.3 is 6.09 Å². The fourth-order valence-electron chi connectivity index (χ4n) is 3.55. The molecule has 11 heteroatoms. The maximum atomic E-state index is 14.6. The van der Waals surface area contributed by atoms with Gasteiger partial charge in [0.05, 0.1) is 17.9 Å². The lowest BCUT2D eigenvalue weighted by Gasteiger charge is -2.24. The van der Waals surface area contributed by atoms with E-state index in [2.05, 4.69) is 20.9 Å². The number of nitrogens with one attached hydrogen (secondary N) is 3. The fraction of sp³-hybridized carbons (Fsp3) is 0.308. The molecular formula is C26H25FN4O5S. The SMILES string of the molecule is Cc1cc(F)c(C(=O)Nc2ccc(OC3CC3)cc2)cc1NC(=O)c1cnc(NC(=O)OC2CCC2)s1. The van der Waals surface area contributed by atoms with Gasteiger partial charge in [-0.2, -0.15) is 0 Å². The first-order valence-corrected chi connectivity index (χ1v) is 12.8. The molecule has 0 spiro atoms. The summed E-state index contributed by atoms with van der Waals surface area (Å²) >= 11 is 0.972. The molecular weight excluding hydrogens is 499 g/mol. The summed E-state index contributed by atoms with van der Waals surface area (Å²) in [7, 11) is 0. The van der Waals surface area contributed by atoms with E-state index in [0.29, 0.717) is 17.0 Å². The zero-order valence-corrected chi connectivity index (χ0v) is 20.8. The number of hydrogen-bond donors (Lipinski definition) is 3. The summed E-state index contributed by atoms with van der Waals surface area (Å²) in [6.07, 6.45) is 5.71. The number of aromatic nitrogens is 1. The maximum absolute atomic E-state index is 14.6. The molecule has 9 nitrogen and oxygen atoms in total. The molecule has 3 aromatic rings. The Morgan fingerprint density at radius 3 is 2.41 bits per heavy atom. The van der Waals surface area contributed by atoms with E-state index in [1.807, 2.05) is 0 Å². The van der Waals surface area contributed by atoms with Crippen molar-refractivity contribution >= 4 is 45.8 Å². The number of aryl methyl sites for hydroxylation is 1. The van der Waals surface area contributed by atoms with Crippen LogP contribution in [0.5, 0.6) is 5.75 Å². The van der Waals surface area contributed by atoms with Crippen LogP contribution in [0.25, 0.3) is 0 Å². The van der Waals surface area contributed by atoms with Gasteiger partial charge in [-0.15, -0.1) is 0 Å². The Kier molecular flexibility index (Phi) is 7.04. The second-order valence-corrected chi connectivity index (χ2v) is 10.0. The van der Waals surface area contributed by atoms with E-state index in [9.17, 15) is 18.8 Å². The normalized spacial score (nSPS) is 14.9. The van der Waals surface area contributed by atoms with Crippen molar-refractivity contribution in [3.63, 3.8) is 0 Å². The number of rotatable bonds is 8. The average molecular weight is 525 g/mol. The average Bonchev–Trinajstić information content (AvgIpc) is 3.53. The Morgan fingerprint density at radius 1 is 0.973 bits per heavy atom. The first-order valence-electron chi connectivity index (χ1n) is 12.0. The summed E-state index contributed by atoms with van der Waals surface area (Å²) in [5.74, 6) is -1.16. The van der Waals surface area contributed by atoms with E-state index in [1.54, 1.807) is 31.2 Å². The Bertz CT molecular complexity index is 1340. The van der Waals surface area contributed by atoms with Crippen molar-refractivity contribution in [2.45, 2.75) is 51.2 Å². The molecule has 2 aliphatic rings. The molecule has 0 saturated heterocycles. The Labute approximate surface area is 216 Å². The van der Waals surface area contributed by atoms with Crippen molar-refractivity contribution in [1.29, 1.82) is 0 Å². The van der Waals surface area contributed by atoms with Crippen molar-refractivity contribution in [3.05, 3.63) is 64.4 Å². The lowest BCUT2D eigenvalue weighted by molar-refractivity contribution is 0.0623. The highest BCUT2D eigenvalue weighted by atomic mass is 32.1. The Hall–Kier alpha value is -3.99. The molecule has 0 radical (unpaired) electrons. The molecule has 1 heterocycles. The number of nitrogens with zero attached hydrogens (tertiary/aromatic N) is 1. The summed E-state index contributed by atoms with van der Waals surface area (Å²) in [6.45, 7) is 1.62. The van der Waals surface area contributed by atoms with E-state index in [1.165, 1.54) is 18.3 Å². The van der Waals surface area contributed by atoms with E-state index in [-0.39, 0.29) is 33.5 Å². The van der Waals surface area contributed by atoms with E-state index in [0.717, 1.165) is 43.4 Å². The maximum Gasteiger partial charge on any atom is 0.413 e. The molecule has 2 saturated carbocycles. The smallest absolute Gasteiger partial charge is 0.413 e. The van der Waals surface area contributed by atoms with Crippen LogP contribution in [0.15, 0.2) is 42.6 Å². The number of halogens is 1. The van der Waals surface area contributed by atoms with Gasteiger partial charge in [-0.1, -0.05) is 11.3 Å². The summed E-state index contributed by atoms with van der Waals surface area (Å²) < 4.78 is 25.6. The molecule has 37 heavy (non-hydrogen) atoms. The third-order valence-corrected chi connectivity index (χ3v) is 6.92. The summed E-state index contributed by atoms with van der Waals surface area (Å²) in [4.78, 5) is 41.7. The second kappa shape index (κ2) is 10.6. The highest BCUT2D eigenvalue weighted by molar-refractivity contribution is 7.17. The van der Waals surface area contributed by atoms with Gasteiger partial charge in [-0.25, -0.2) is 14.2 Å². The van der Waals surface area contributed by atoms with Crippen LogP contribution >= 0.6 is 11.3 Å². The van der Waals surface area contributed by atoms with Crippen LogP contribution in [0, 0.1) is 12.7 Å². The number of thiazole rings is 1. The highest BCUT2D eigenvalue weighted by Crippen LogP contribution is 2.28. The van der Waals surface area contributed by atoms with Crippen LogP contribution in [0.3, 0.4) is 0 Å². The monoisotopic (exact) mass is 524 g/mol. The van der Waals surface area contributed by atoms with Crippen LogP contribution in [-0.2, 0) is 4.74 Å². The number of amides is 3. The quantitative estimate of drug-likeness (QED) is 0.346. The van der Waals surface area contributed by atoms with Crippen LogP contribution in [-0.4, -0.2) is 35.1 Å². The topological polar surface area (TPSA) is 119 Å². The third-order valence-electron chi connectivity index (χ3n) is 6.01. The van der Waals surface area contributed by atoms with Crippen molar-refractivity contribution < 1.29 is 28.2 Å². The van der Waals surface area contributed by atoms with Gasteiger partial charge in [0.2, 0.25) is 0 Å². The Balaban J connectivity index is 1.22. The molecule has 5 rings (SSSR count). The molecule has 192 valence electrons. The van der Waals surface area contributed by atoms with E-state index < -0.39 is 23.7 Å². The summed E-state index contributed by atoms with van der Waals surface area (Å²) in [5.41, 5.74) is 0.983. The third kappa shape index (κ3) is 6.23. The first-order chi connectivity index (χ1) is 17.8. The number of hydrogen-bond acceptors (Lipinski definition) is 7. The van der Waals surface area contributed by atoms with Crippen LogP contribution in [0.1, 0.15) is 57.7 Å². The Morgan fingerprint density at radius 2 is 1.73 bits per heavy atom. The van der Waals surface area contributed by atoms with Gasteiger partial charge in [0.1, 0.15) is 22.5 Å². The standard InChI is InChI=1S/C26H25FN4O5S/c1-14-11-20(27)19(23(32)29-15-5-7-17(8-6-15)35-18-9-10-18)12-21(14)30-24(33)22-13-28-25(37-22)31-26(34)36-16-3-2-4-16/h5-8,11-13,16,18H,2-4,9-10H2,1H3,(H,29,32)(H,30,33)(H,28,31,34). The van der Waals surface area contributed by atoms with Crippen molar-refractivity contribution in [2.75, 3.05) is 16.0 Å². The minimum atomic E-state index is -0.712. The lowest BCUT2D eigenvalue weighted by Crippen LogP contribution is -2.27. The van der Waals surface area contributed by atoms with E-state index in [4.69, 9.17) is 9.47 Å². The molecule has 0 bridgehead atoms. The minimum Gasteiger partial charge on any atom is -0.490 e. The number of carbonyl (C=O) groups is 3. The molecule has 0 aliphatic heterocycles. The second-order valence-electron chi connectivity index (χ2n) is 9.01. The molecule has 2 aliphatic carbocycles. The number of benzene rings is 2. The van der Waals surface area contributed by atoms with E-state index >= 15 is 0 Å². The molecule has 1 aromatic heterocycles. The van der Waals surface area contributed by atoms with Crippen LogP contribution < -0.4 is 20.7 Å². The van der Waals surface area contributed by atoms with Gasteiger partial charge in [-0.05, 0) is 81.0 Å². The highest BCUT2D eigenvalue weighted by Gasteiger charge is 2.24. The zero-order chi connectivity index (χ0) is 25.9. The molecule has 3 amide bonds. The molecule has 3 N–H and O–H groups in total. The molecule has 0 atom stereocenters. The van der Waals surface area contributed by atoms with Crippen LogP contribution in [0.2, 0.25) is 0 Å². The summed E-state index contributed by atoms with van der Waals surface area (Å²) in [5, 5.41) is 8.09. The van der Waals surface area contributed by atoms with Gasteiger partial charge in [0, 0.05) is 11.4 Å². The van der Waals surface area contributed by atoms with Crippen molar-refractivity contribution in [3.8, 4) is 5.75 Å². The van der Waals surface area contributed by atoms with Gasteiger partial charge < -0.3 is 20.1 Å². The van der Waals surface area contributed by atoms with Crippen molar-refractivity contribution in [1.82, 2.24) is 4.98 Å². The number of anilines is 3. The van der Waals surface area contributed by atoms with Crippen LogP contribution in [0.4, 0.5) is 25.7 Å².